The number of nitrogens with one attached hydrogen (secondary N) is 1. The van der Waals surface area contributed by atoms with Gasteiger partial charge in [-0.05, 0) is 43.7 Å². The lowest BCUT2D eigenvalue weighted by atomic mass is 10.1. The molecule has 0 fully saturated rings. The second-order valence-electron chi connectivity index (χ2n) is 5.62. The van der Waals surface area contributed by atoms with Crippen LogP contribution in [0.1, 0.15) is 31.6 Å². The topological polar surface area (TPSA) is 49.4 Å². The highest BCUT2D eigenvalue weighted by atomic mass is 32.2. The minimum Gasteiger partial charge on any atom is -0.342 e. The summed E-state index contributed by atoms with van der Waals surface area (Å²) in [6, 6.07) is 17.4. The predicted octanol–water partition coefficient (Wildman–Crippen LogP) is 4.35. The molecule has 0 aliphatic rings. The second kappa shape index (κ2) is 9.28. The maximum Gasteiger partial charge on any atom is 0.240 e. The maximum atomic E-state index is 13.0. The van der Waals surface area contributed by atoms with E-state index >= 15 is 0 Å². The molecule has 0 aliphatic carbocycles. The highest BCUT2D eigenvalue weighted by Crippen LogP contribution is 2.37. The van der Waals surface area contributed by atoms with Crippen molar-refractivity contribution in [2.75, 3.05) is 18.4 Å². The molecule has 0 radical (unpaired) electrons. The summed E-state index contributed by atoms with van der Waals surface area (Å²) in [4.78, 5) is 26.9. The van der Waals surface area contributed by atoms with Crippen LogP contribution in [0, 0.1) is 0 Å². The molecule has 2 rings (SSSR count). The lowest BCUT2D eigenvalue weighted by molar-refractivity contribution is -0.130. The van der Waals surface area contributed by atoms with Crippen LogP contribution in [0.3, 0.4) is 0 Å². The number of rotatable bonds is 7. The summed E-state index contributed by atoms with van der Waals surface area (Å²) in [6.45, 7) is 6.87. The fourth-order valence-corrected chi connectivity index (χ4v) is 3.65. The molecule has 0 unspecified atom stereocenters. The van der Waals surface area contributed by atoms with Crippen LogP contribution in [0.2, 0.25) is 0 Å². The van der Waals surface area contributed by atoms with Crippen LogP contribution in [0.4, 0.5) is 5.69 Å². The number of anilines is 1. The standard InChI is InChI=1S/C20H24N2O2S/c1-4-22(5-2)20(24)19(16-9-7-6-8-10-16)25-18-13-11-17(12-14-18)21-15(3)23/h6-14,19H,4-5H2,1-3H3,(H,21,23)/t19-/m1/s1. The van der Waals surface area contributed by atoms with Gasteiger partial charge in [0.05, 0.1) is 0 Å². The summed E-state index contributed by atoms with van der Waals surface area (Å²) in [7, 11) is 0. The average Bonchev–Trinajstić information content (AvgIpc) is 2.62. The fourth-order valence-electron chi connectivity index (χ4n) is 2.55. The van der Waals surface area contributed by atoms with Crippen molar-refractivity contribution in [2.45, 2.75) is 30.9 Å². The Bertz CT molecular complexity index is 697. The van der Waals surface area contributed by atoms with Crippen LogP contribution < -0.4 is 5.32 Å². The van der Waals surface area contributed by atoms with Gasteiger partial charge in [-0.25, -0.2) is 0 Å². The van der Waals surface area contributed by atoms with Crippen LogP contribution in [-0.4, -0.2) is 29.8 Å². The summed E-state index contributed by atoms with van der Waals surface area (Å²) in [5, 5.41) is 2.47. The number of carbonyl (C=O) groups excluding carboxylic acids is 2. The molecule has 2 aromatic rings. The Morgan fingerprint density at radius 1 is 1.00 bits per heavy atom. The Morgan fingerprint density at radius 3 is 2.12 bits per heavy atom. The molecule has 0 saturated heterocycles. The van der Waals surface area contributed by atoms with Gasteiger partial charge < -0.3 is 10.2 Å². The number of nitrogens with zero attached hydrogens (tertiary/aromatic N) is 1. The van der Waals surface area contributed by atoms with Crippen molar-refractivity contribution in [1.82, 2.24) is 4.90 Å². The van der Waals surface area contributed by atoms with Crippen LogP contribution in [0.5, 0.6) is 0 Å². The Labute approximate surface area is 153 Å². The largest absolute Gasteiger partial charge is 0.342 e. The van der Waals surface area contributed by atoms with Crippen LogP contribution >= 0.6 is 11.8 Å². The summed E-state index contributed by atoms with van der Waals surface area (Å²) in [5.41, 5.74) is 1.75. The first kappa shape index (κ1) is 19.1. The molecular formula is C20H24N2O2S. The summed E-state index contributed by atoms with van der Waals surface area (Å²) in [5.74, 6) is 0.0198. The Morgan fingerprint density at radius 2 is 1.60 bits per heavy atom. The van der Waals surface area contributed by atoms with Crippen molar-refractivity contribution >= 4 is 29.3 Å². The van der Waals surface area contributed by atoms with Gasteiger partial charge in [0.1, 0.15) is 5.25 Å². The molecule has 0 saturated carbocycles. The molecule has 0 aromatic heterocycles. The fraction of sp³-hybridized carbons (Fsp3) is 0.300. The zero-order chi connectivity index (χ0) is 18.2. The molecule has 25 heavy (non-hydrogen) atoms. The molecule has 0 bridgehead atoms. The maximum absolute atomic E-state index is 13.0. The van der Waals surface area contributed by atoms with Gasteiger partial charge in [-0.2, -0.15) is 0 Å². The number of amides is 2. The number of hydrogen-bond donors (Lipinski definition) is 1. The highest BCUT2D eigenvalue weighted by molar-refractivity contribution is 8.00. The van der Waals surface area contributed by atoms with Gasteiger partial charge in [-0.1, -0.05) is 30.3 Å². The molecule has 0 spiro atoms. The van der Waals surface area contributed by atoms with Gasteiger partial charge >= 0.3 is 0 Å². The molecule has 0 heterocycles. The number of thioether (sulfide) groups is 1. The van der Waals surface area contributed by atoms with Crippen LogP contribution in [0.15, 0.2) is 59.5 Å². The number of hydrogen-bond acceptors (Lipinski definition) is 3. The van der Waals surface area contributed by atoms with E-state index in [4.69, 9.17) is 0 Å². The van der Waals surface area contributed by atoms with E-state index in [1.54, 1.807) is 0 Å². The molecule has 5 heteroatoms. The molecule has 2 amide bonds. The quantitative estimate of drug-likeness (QED) is 0.751. The predicted molar refractivity (Wildman–Crippen MR) is 104 cm³/mol. The first-order valence-corrected chi connectivity index (χ1v) is 9.31. The minimum atomic E-state index is -0.285. The number of carbonyl (C=O) groups is 2. The van der Waals surface area contributed by atoms with Crippen LogP contribution in [-0.2, 0) is 9.59 Å². The Hall–Kier alpha value is -2.27. The van der Waals surface area contributed by atoms with Crippen LogP contribution in [0.25, 0.3) is 0 Å². The third-order valence-electron chi connectivity index (χ3n) is 3.83. The zero-order valence-corrected chi connectivity index (χ0v) is 15.7. The molecular weight excluding hydrogens is 332 g/mol. The van der Waals surface area contributed by atoms with E-state index in [1.807, 2.05) is 73.3 Å². The lowest BCUT2D eigenvalue weighted by Crippen LogP contribution is -2.33. The first-order valence-electron chi connectivity index (χ1n) is 8.43. The Kier molecular flexibility index (Phi) is 7.07. The van der Waals surface area contributed by atoms with Gasteiger partial charge in [0.25, 0.3) is 0 Å². The van der Waals surface area contributed by atoms with Crippen molar-refractivity contribution in [2.24, 2.45) is 0 Å². The van der Waals surface area contributed by atoms with E-state index in [1.165, 1.54) is 18.7 Å². The van der Waals surface area contributed by atoms with Crippen molar-refractivity contribution in [1.29, 1.82) is 0 Å². The van der Waals surface area contributed by atoms with E-state index in [9.17, 15) is 9.59 Å². The average molecular weight is 356 g/mol. The van der Waals surface area contributed by atoms with Gasteiger partial charge in [0.2, 0.25) is 11.8 Å². The first-order chi connectivity index (χ1) is 12.0. The van der Waals surface area contributed by atoms with Gasteiger partial charge in [-0.3, -0.25) is 9.59 Å². The second-order valence-corrected chi connectivity index (χ2v) is 6.80. The molecule has 4 nitrogen and oxygen atoms in total. The van der Waals surface area contributed by atoms with Gasteiger partial charge in [0.15, 0.2) is 0 Å². The third-order valence-corrected chi connectivity index (χ3v) is 5.08. The summed E-state index contributed by atoms with van der Waals surface area (Å²) in [6.07, 6.45) is 0. The van der Waals surface area contributed by atoms with Crippen molar-refractivity contribution in [3.05, 3.63) is 60.2 Å². The summed E-state index contributed by atoms with van der Waals surface area (Å²) < 4.78 is 0. The molecule has 2 aromatic carbocycles. The molecule has 0 aliphatic heterocycles. The van der Waals surface area contributed by atoms with E-state index < -0.39 is 0 Å². The SMILES string of the molecule is CCN(CC)C(=O)[C@H](Sc1ccc(NC(C)=O)cc1)c1ccccc1. The van der Waals surface area contributed by atoms with E-state index in [-0.39, 0.29) is 17.1 Å². The minimum absolute atomic E-state index is 0.0979. The lowest BCUT2D eigenvalue weighted by Gasteiger charge is -2.25. The smallest absolute Gasteiger partial charge is 0.240 e. The van der Waals surface area contributed by atoms with Crippen molar-refractivity contribution in [3.63, 3.8) is 0 Å². The van der Waals surface area contributed by atoms with Gasteiger partial charge in [-0.15, -0.1) is 11.8 Å². The van der Waals surface area contributed by atoms with E-state index in [2.05, 4.69) is 5.32 Å². The summed E-state index contributed by atoms with van der Waals surface area (Å²) >= 11 is 1.53. The molecule has 132 valence electrons. The van der Waals surface area contributed by atoms with Crippen molar-refractivity contribution in [3.8, 4) is 0 Å². The van der Waals surface area contributed by atoms with Gasteiger partial charge in [0, 0.05) is 30.6 Å². The zero-order valence-electron chi connectivity index (χ0n) is 14.9. The number of benzene rings is 2. The molecule has 1 N–H and O–H groups in total. The molecule has 1 atom stereocenters. The van der Waals surface area contributed by atoms with Crippen molar-refractivity contribution < 1.29 is 9.59 Å². The highest BCUT2D eigenvalue weighted by Gasteiger charge is 2.25. The van der Waals surface area contributed by atoms with E-state index in [0.29, 0.717) is 13.1 Å². The van der Waals surface area contributed by atoms with E-state index in [0.717, 1.165) is 16.1 Å². The Balaban J connectivity index is 2.24. The normalized spacial score (nSPS) is 11.6. The number of likely N-dealkylation sites (N-methyl/N-ethyl adjacent to an activating group) is 1. The monoisotopic (exact) mass is 356 g/mol. The third kappa shape index (κ3) is 5.36.